The van der Waals surface area contributed by atoms with Crippen LogP contribution in [-0.2, 0) is 14.3 Å². The quantitative estimate of drug-likeness (QED) is 0.199. The van der Waals surface area contributed by atoms with Crippen molar-refractivity contribution in [2.24, 2.45) is 27.6 Å². The van der Waals surface area contributed by atoms with Gasteiger partial charge < -0.3 is 21.5 Å². The molecule has 5 N–H and O–H groups in total. The summed E-state index contributed by atoms with van der Waals surface area (Å²) >= 11 is 0. The molecule has 1 aromatic carbocycles. The van der Waals surface area contributed by atoms with E-state index in [1.165, 1.54) is 6.21 Å². The van der Waals surface area contributed by atoms with Gasteiger partial charge in [-0.3, -0.25) is 4.79 Å². The van der Waals surface area contributed by atoms with Gasteiger partial charge in [0.25, 0.3) is 0 Å². The Labute approximate surface area is 174 Å². The summed E-state index contributed by atoms with van der Waals surface area (Å²) in [7, 11) is 0. The van der Waals surface area contributed by atoms with E-state index in [2.05, 4.69) is 15.5 Å². The van der Waals surface area contributed by atoms with Crippen molar-refractivity contribution in [3.05, 3.63) is 35.9 Å². The highest BCUT2D eigenvalue weighted by atomic mass is 16.5. The van der Waals surface area contributed by atoms with Gasteiger partial charge in [-0.1, -0.05) is 30.3 Å². The second kappa shape index (κ2) is 9.38. The average Bonchev–Trinajstić information content (AvgIpc) is 2.68. The zero-order valence-electron chi connectivity index (χ0n) is 16.7. The summed E-state index contributed by atoms with van der Waals surface area (Å²) in [6.07, 6.45) is 3.87. The molecule has 0 aromatic heterocycles. The van der Waals surface area contributed by atoms with Crippen molar-refractivity contribution in [1.82, 2.24) is 10.2 Å². The average molecular weight is 414 g/mol. The van der Waals surface area contributed by atoms with Gasteiger partial charge in [-0.2, -0.15) is 5.10 Å². The second-order valence-corrected chi connectivity index (χ2v) is 7.39. The third-order valence-electron chi connectivity index (χ3n) is 5.26. The molecule has 10 heteroatoms. The van der Waals surface area contributed by atoms with Crippen LogP contribution in [0.5, 0.6) is 0 Å². The van der Waals surface area contributed by atoms with Crippen LogP contribution >= 0.6 is 0 Å². The number of nitrogens with zero attached hydrogens (tertiary/aromatic N) is 3. The van der Waals surface area contributed by atoms with Gasteiger partial charge in [-0.15, -0.1) is 5.10 Å². The number of hydrogen-bond donors (Lipinski definition) is 3. The number of hydrogen-bond acceptors (Lipinski definition) is 6. The van der Waals surface area contributed by atoms with Crippen LogP contribution in [0.3, 0.4) is 0 Å². The highest BCUT2D eigenvalue weighted by Crippen LogP contribution is 2.33. The number of guanidine groups is 1. The summed E-state index contributed by atoms with van der Waals surface area (Å²) in [6.45, 7) is 1.80. The first-order chi connectivity index (χ1) is 14.4. The molecule has 10 nitrogen and oxygen atoms in total. The summed E-state index contributed by atoms with van der Waals surface area (Å²) in [6, 6.07) is 7.35. The first-order valence-electron chi connectivity index (χ1n) is 9.88. The van der Waals surface area contributed by atoms with Crippen LogP contribution in [0.1, 0.15) is 44.2 Å². The number of esters is 1. The number of ether oxygens (including phenoxy) is 1. The highest BCUT2D eigenvalue weighted by molar-refractivity contribution is 6.08. The molecule has 1 aromatic rings. The van der Waals surface area contributed by atoms with Crippen LogP contribution in [0.25, 0.3) is 0 Å². The van der Waals surface area contributed by atoms with Crippen LogP contribution < -0.4 is 16.8 Å². The number of urea groups is 1. The van der Waals surface area contributed by atoms with Crippen LogP contribution in [0, 0.1) is 5.92 Å². The van der Waals surface area contributed by atoms with Crippen molar-refractivity contribution in [3.63, 3.8) is 0 Å². The van der Waals surface area contributed by atoms with Gasteiger partial charge in [0.2, 0.25) is 11.9 Å². The normalized spacial score (nSPS) is 22.0. The first-order valence-corrected chi connectivity index (χ1v) is 9.88. The molecule has 2 fully saturated rings. The molecule has 0 bridgehead atoms. The summed E-state index contributed by atoms with van der Waals surface area (Å²) in [4.78, 5) is 39.0. The third-order valence-corrected chi connectivity index (χ3v) is 5.26. The number of nitrogens with one attached hydrogen (secondary N) is 1. The maximum Gasteiger partial charge on any atom is 0.330 e. The van der Waals surface area contributed by atoms with Gasteiger partial charge in [0, 0.05) is 6.21 Å². The van der Waals surface area contributed by atoms with Crippen molar-refractivity contribution < 1.29 is 19.1 Å². The largest absolute Gasteiger partial charge is 0.461 e. The minimum atomic E-state index is -1.01. The Kier molecular flexibility index (Phi) is 6.65. The van der Waals surface area contributed by atoms with Gasteiger partial charge in [0.05, 0.1) is 12.0 Å². The summed E-state index contributed by atoms with van der Waals surface area (Å²) < 4.78 is 5.46. The molecule has 0 spiro atoms. The number of β-lactam (4-membered cyclic amide) rings is 1. The van der Waals surface area contributed by atoms with Crippen molar-refractivity contribution >= 4 is 30.1 Å². The van der Waals surface area contributed by atoms with E-state index in [1.54, 1.807) is 6.92 Å². The Morgan fingerprint density at radius 3 is 2.60 bits per heavy atom. The number of imide groups is 1. The molecule has 30 heavy (non-hydrogen) atoms. The van der Waals surface area contributed by atoms with Crippen LogP contribution in [-0.4, -0.2) is 47.1 Å². The number of benzene rings is 1. The minimum absolute atomic E-state index is 0.109. The van der Waals surface area contributed by atoms with Crippen LogP contribution in [0.4, 0.5) is 4.79 Å². The molecule has 1 aliphatic heterocycles. The lowest BCUT2D eigenvalue weighted by Gasteiger charge is -2.44. The van der Waals surface area contributed by atoms with E-state index < -0.39 is 29.9 Å². The minimum Gasteiger partial charge on any atom is -0.461 e. The molecule has 1 heterocycles. The SMILES string of the molecule is C[C@@H](NC(=O)N1C(=O)[C@H](C/C=N/N=C(N)N)[C@H]1C(=O)OC1CCC1)c1ccccc1. The highest BCUT2D eigenvalue weighted by Gasteiger charge is 2.55. The van der Waals surface area contributed by atoms with E-state index in [1.807, 2.05) is 30.3 Å². The Morgan fingerprint density at radius 1 is 1.30 bits per heavy atom. The molecule has 3 amide bonds. The number of nitrogens with two attached hydrogens (primary N) is 2. The van der Waals surface area contributed by atoms with E-state index in [9.17, 15) is 14.4 Å². The predicted molar refractivity (Wildman–Crippen MR) is 110 cm³/mol. The molecule has 2 aliphatic rings. The van der Waals surface area contributed by atoms with Crippen molar-refractivity contribution in [3.8, 4) is 0 Å². The molecule has 1 saturated heterocycles. The fourth-order valence-electron chi connectivity index (χ4n) is 3.35. The number of rotatable bonds is 7. The lowest BCUT2D eigenvalue weighted by Crippen LogP contribution is -2.68. The number of carbonyl (C=O) groups excluding carboxylic acids is 3. The van der Waals surface area contributed by atoms with E-state index in [0.29, 0.717) is 0 Å². The molecule has 3 atom stereocenters. The van der Waals surface area contributed by atoms with Crippen molar-refractivity contribution in [2.75, 3.05) is 0 Å². The molecular formula is C20H26N6O4. The molecule has 1 saturated carbocycles. The number of amides is 3. The Balaban J connectivity index is 1.69. The maximum absolute atomic E-state index is 12.8. The maximum atomic E-state index is 12.8. The topological polar surface area (TPSA) is 152 Å². The van der Waals surface area contributed by atoms with Gasteiger partial charge in [0.15, 0.2) is 6.04 Å². The Morgan fingerprint density at radius 2 is 2.00 bits per heavy atom. The van der Waals surface area contributed by atoms with Crippen molar-refractivity contribution in [2.45, 2.75) is 50.8 Å². The fourth-order valence-corrected chi connectivity index (χ4v) is 3.35. The molecule has 1 aliphatic carbocycles. The second-order valence-electron chi connectivity index (χ2n) is 7.39. The van der Waals surface area contributed by atoms with E-state index >= 15 is 0 Å². The lowest BCUT2D eigenvalue weighted by atomic mass is 9.85. The molecular weight excluding hydrogens is 388 g/mol. The fraction of sp³-hybridized carbons (Fsp3) is 0.450. The number of carbonyl (C=O) groups is 3. The van der Waals surface area contributed by atoms with E-state index in [4.69, 9.17) is 16.2 Å². The van der Waals surface area contributed by atoms with Crippen molar-refractivity contribution in [1.29, 1.82) is 0 Å². The van der Waals surface area contributed by atoms with Crippen LogP contribution in [0.2, 0.25) is 0 Å². The van der Waals surface area contributed by atoms with Crippen LogP contribution in [0.15, 0.2) is 40.5 Å². The van der Waals surface area contributed by atoms with E-state index in [0.717, 1.165) is 29.7 Å². The molecule has 0 unspecified atom stereocenters. The summed E-state index contributed by atoms with van der Waals surface area (Å²) in [5.41, 5.74) is 11.3. The predicted octanol–water partition coefficient (Wildman–Crippen LogP) is 1.03. The van der Waals surface area contributed by atoms with Gasteiger partial charge >= 0.3 is 12.0 Å². The molecule has 160 valence electrons. The monoisotopic (exact) mass is 414 g/mol. The molecule has 0 radical (unpaired) electrons. The van der Waals surface area contributed by atoms with Gasteiger partial charge in [-0.05, 0) is 38.2 Å². The number of likely N-dealkylation sites (tertiary alicyclic amines) is 1. The van der Waals surface area contributed by atoms with E-state index in [-0.39, 0.29) is 24.5 Å². The lowest BCUT2D eigenvalue weighted by molar-refractivity contribution is -0.175. The molecule has 3 rings (SSSR count). The van der Waals surface area contributed by atoms with Gasteiger partial charge in [-0.25, -0.2) is 14.5 Å². The zero-order valence-corrected chi connectivity index (χ0v) is 16.7. The third kappa shape index (κ3) is 4.76. The zero-order chi connectivity index (χ0) is 21.7. The Hall–Kier alpha value is -3.43. The first kappa shape index (κ1) is 21.3. The van der Waals surface area contributed by atoms with Gasteiger partial charge in [0.1, 0.15) is 6.10 Å². The Bertz CT molecular complexity index is 848. The summed E-state index contributed by atoms with van der Waals surface area (Å²) in [5.74, 6) is -2.03. The summed E-state index contributed by atoms with van der Waals surface area (Å²) in [5, 5.41) is 9.89. The smallest absolute Gasteiger partial charge is 0.330 e. The standard InChI is InChI=1S/C20H26N6O4/c1-12(13-6-3-2-4-7-13)24-20(29)26-16(18(28)30-14-8-5-9-14)15(17(26)27)10-11-23-25-19(21)22/h2-4,6-7,11-12,14-16H,5,8-10H2,1H3,(H,24,29)(H4,21,22,25)/b23-11+/t12-,15-,16+/m1/s1.